The number of carbonyl (C=O) groups is 1. The molecule has 0 atom stereocenters. The van der Waals surface area contributed by atoms with Gasteiger partial charge in [0.15, 0.2) is 0 Å². The third-order valence-electron chi connectivity index (χ3n) is 2.58. The van der Waals surface area contributed by atoms with Crippen molar-refractivity contribution in [1.82, 2.24) is 0 Å². The molecule has 11 heavy (non-hydrogen) atoms. The summed E-state index contributed by atoms with van der Waals surface area (Å²) in [6, 6.07) is 0. The molecule has 0 heterocycles. The van der Waals surface area contributed by atoms with Crippen molar-refractivity contribution < 1.29 is 4.79 Å². The Kier molecular flexibility index (Phi) is 1.45. The van der Waals surface area contributed by atoms with Crippen LogP contribution in [0.5, 0.6) is 0 Å². The van der Waals surface area contributed by atoms with Crippen molar-refractivity contribution in [2.45, 2.75) is 25.7 Å². The van der Waals surface area contributed by atoms with E-state index in [4.69, 9.17) is 0 Å². The molecule has 2 aliphatic rings. The fourth-order valence-electron chi connectivity index (χ4n) is 1.59. The van der Waals surface area contributed by atoms with Crippen molar-refractivity contribution in [2.75, 3.05) is 0 Å². The van der Waals surface area contributed by atoms with Crippen LogP contribution in [-0.2, 0) is 4.79 Å². The number of rotatable bonds is 2. The highest BCUT2D eigenvalue weighted by molar-refractivity contribution is 5.71. The Morgan fingerprint density at radius 2 is 2.18 bits per heavy atom. The van der Waals surface area contributed by atoms with E-state index in [2.05, 4.69) is 18.2 Å². The third-order valence-corrected chi connectivity index (χ3v) is 2.58. The molecule has 0 radical (unpaired) electrons. The number of hydrogen-bond donors (Lipinski definition) is 0. The molecule has 58 valence electrons. The molecular formula is C10H12O. The van der Waals surface area contributed by atoms with E-state index >= 15 is 0 Å². The zero-order chi connectivity index (χ0) is 7.73. The van der Waals surface area contributed by atoms with Crippen molar-refractivity contribution in [2.24, 2.45) is 5.41 Å². The van der Waals surface area contributed by atoms with Gasteiger partial charge in [-0.05, 0) is 31.3 Å². The van der Waals surface area contributed by atoms with Crippen LogP contribution in [0.1, 0.15) is 25.7 Å². The molecule has 0 aromatic heterocycles. The van der Waals surface area contributed by atoms with E-state index in [1.54, 1.807) is 0 Å². The Morgan fingerprint density at radius 3 is 2.64 bits per heavy atom. The monoisotopic (exact) mass is 148 g/mol. The average Bonchev–Trinajstić information content (AvgIpc) is 2.86. The maximum absolute atomic E-state index is 10.7. The summed E-state index contributed by atoms with van der Waals surface area (Å²) in [5.74, 6) is 0. The molecule has 1 fully saturated rings. The second kappa shape index (κ2) is 2.33. The second-order valence-corrected chi connectivity index (χ2v) is 3.41. The summed E-state index contributed by atoms with van der Waals surface area (Å²) in [7, 11) is 0. The van der Waals surface area contributed by atoms with Crippen LogP contribution in [0.25, 0.3) is 0 Å². The summed E-state index contributed by atoms with van der Waals surface area (Å²) in [6.45, 7) is 0. The van der Waals surface area contributed by atoms with Crippen molar-refractivity contribution in [3.8, 4) is 0 Å². The lowest BCUT2D eigenvalue weighted by molar-refractivity contribution is -0.111. The lowest BCUT2D eigenvalue weighted by Gasteiger charge is -2.11. The molecule has 0 unspecified atom stereocenters. The van der Waals surface area contributed by atoms with E-state index in [0.717, 1.165) is 32.0 Å². The Bertz CT molecular complexity index is 231. The van der Waals surface area contributed by atoms with Gasteiger partial charge in [-0.2, -0.15) is 0 Å². The van der Waals surface area contributed by atoms with Crippen molar-refractivity contribution >= 4 is 6.29 Å². The summed E-state index contributed by atoms with van der Waals surface area (Å²) in [6.07, 6.45) is 12.0. The molecule has 0 bridgehead atoms. The van der Waals surface area contributed by atoms with Gasteiger partial charge in [0.05, 0.1) is 5.41 Å². The lowest BCUT2D eigenvalue weighted by atomic mass is 9.93. The quantitative estimate of drug-likeness (QED) is 0.549. The van der Waals surface area contributed by atoms with Crippen molar-refractivity contribution in [3.05, 3.63) is 23.8 Å². The molecule has 0 saturated heterocycles. The molecule has 0 aliphatic heterocycles. The predicted molar refractivity (Wildman–Crippen MR) is 44.2 cm³/mol. The molecule has 1 nitrogen and oxygen atoms in total. The zero-order valence-corrected chi connectivity index (χ0v) is 6.55. The molecule has 1 saturated carbocycles. The second-order valence-electron chi connectivity index (χ2n) is 3.41. The lowest BCUT2D eigenvalue weighted by Crippen LogP contribution is -2.05. The highest BCUT2D eigenvalue weighted by Crippen LogP contribution is 2.51. The van der Waals surface area contributed by atoms with E-state index in [-0.39, 0.29) is 5.41 Å². The van der Waals surface area contributed by atoms with Gasteiger partial charge < -0.3 is 4.79 Å². The topological polar surface area (TPSA) is 17.1 Å². The normalized spacial score (nSPS) is 26.0. The third kappa shape index (κ3) is 1.05. The van der Waals surface area contributed by atoms with Gasteiger partial charge in [-0.1, -0.05) is 18.2 Å². The first-order chi connectivity index (χ1) is 5.37. The van der Waals surface area contributed by atoms with E-state index in [1.807, 2.05) is 0 Å². The maximum atomic E-state index is 10.7. The number of carbonyl (C=O) groups excluding carboxylic acids is 1. The van der Waals surface area contributed by atoms with Crippen molar-refractivity contribution in [3.63, 3.8) is 0 Å². The van der Waals surface area contributed by atoms with Crippen LogP contribution >= 0.6 is 0 Å². The first-order valence-corrected chi connectivity index (χ1v) is 4.21. The van der Waals surface area contributed by atoms with Gasteiger partial charge in [0.2, 0.25) is 0 Å². The molecule has 1 heteroatoms. The molecular weight excluding hydrogens is 136 g/mol. The van der Waals surface area contributed by atoms with Gasteiger partial charge >= 0.3 is 0 Å². The SMILES string of the molecule is O=CC1(C2=CCCC=C2)CC1. The molecule has 0 spiro atoms. The highest BCUT2D eigenvalue weighted by atomic mass is 16.1. The number of allylic oxidation sites excluding steroid dienone is 4. The minimum atomic E-state index is -0.0447. The van der Waals surface area contributed by atoms with Gasteiger partial charge in [0, 0.05) is 0 Å². The molecule has 0 aromatic rings. The first-order valence-electron chi connectivity index (χ1n) is 4.21. The standard InChI is InChI=1S/C10H12O/c11-8-10(6-7-10)9-4-2-1-3-5-9/h2,4-5,8H,1,3,6-7H2. The van der Waals surface area contributed by atoms with Crippen LogP contribution in [0.15, 0.2) is 23.8 Å². The zero-order valence-electron chi connectivity index (χ0n) is 6.55. The van der Waals surface area contributed by atoms with E-state index in [1.165, 1.54) is 5.57 Å². The Hall–Kier alpha value is -0.850. The Balaban J connectivity index is 2.21. The largest absolute Gasteiger partial charge is 0.302 e. The smallest absolute Gasteiger partial charge is 0.130 e. The minimum Gasteiger partial charge on any atom is -0.302 e. The van der Waals surface area contributed by atoms with Gasteiger partial charge in [-0.3, -0.25) is 0 Å². The summed E-state index contributed by atoms with van der Waals surface area (Å²) < 4.78 is 0. The summed E-state index contributed by atoms with van der Waals surface area (Å²) in [4.78, 5) is 10.7. The van der Waals surface area contributed by atoms with Crippen LogP contribution in [0, 0.1) is 5.41 Å². The van der Waals surface area contributed by atoms with Crippen LogP contribution in [0.3, 0.4) is 0 Å². The summed E-state index contributed by atoms with van der Waals surface area (Å²) >= 11 is 0. The minimum absolute atomic E-state index is 0.0447. The van der Waals surface area contributed by atoms with Crippen molar-refractivity contribution in [1.29, 1.82) is 0 Å². The van der Waals surface area contributed by atoms with E-state index < -0.39 is 0 Å². The van der Waals surface area contributed by atoms with Gasteiger partial charge in [-0.15, -0.1) is 0 Å². The average molecular weight is 148 g/mol. The molecule has 2 rings (SSSR count). The maximum Gasteiger partial charge on any atom is 0.130 e. The highest BCUT2D eigenvalue weighted by Gasteiger charge is 2.44. The summed E-state index contributed by atoms with van der Waals surface area (Å²) in [5, 5.41) is 0. The Morgan fingerprint density at radius 1 is 1.36 bits per heavy atom. The van der Waals surface area contributed by atoms with Gasteiger partial charge in [-0.25, -0.2) is 0 Å². The predicted octanol–water partition coefficient (Wildman–Crippen LogP) is 2.24. The number of aldehydes is 1. The van der Waals surface area contributed by atoms with Crippen LogP contribution in [-0.4, -0.2) is 6.29 Å². The fourth-order valence-corrected chi connectivity index (χ4v) is 1.59. The van der Waals surface area contributed by atoms with E-state index in [9.17, 15) is 4.79 Å². The molecule has 0 aromatic carbocycles. The Labute approximate surface area is 66.8 Å². The van der Waals surface area contributed by atoms with Crippen LogP contribution < -0.4 is 0 Å². The van der Waals surface area contributed by atoms with Gasteiger partial charge in [0.25, 0.3) is 0 Å². The van der Waals surface area contributed by atoms with Crippen LogP contribution in [0.2, 0.25) is 0 Å². The molecule has 0 N–H and O–H groups in total. The molecule has 0 amide bonds. The molecule has 2 aliphatic carbocycles. The first kappa shape index (κ1) is 6.84. The summed E-state index contributed by atoms with van der Waals surface area (Å²) in [5.41, 5.74) is 1.22. The van der Waals surface area contributed by atoms with Gasteiger partial charge in [0.1, 0.15) is 6.29 Å². The number of hydrogen-bond acceptors (Lipinski definition) is 1. The van der Waals surface area contributed by atoms with Crippen LogP contribution in [0.4, 0.5) is 0 Å². The fraction of sp³-hybridized carbons (Fsp3) is 0.500. The van der Waals surface area contributed by atoms with E-state index in [0.29, 0.717) is 0 Å².